The minimum absolute atomic E-state index is 0.375. The van der Waals surface area contributed by atoms with Crippen molar-refractivity contribution < 1.29 is 19.0 Å². The predicted octanol–water partition coefficient (Wildman–Crippen LogP) is 4.30. The number of carbonyl (C=O) groups excluding carboxylic acids is 1. The molecule has 0 spiro atoms. The van der Waals surface area contributed by atoms with Crippen molar-refractivity contribution in [2.45, 2.75) is 13.8 Å². The number of ether oxygens (including phenoxy) is 3. The van der Waals surface area contributed by atoms with Crippen LogP contribution < -0.4 is 9.47 Å². The molecule has 1 aliphatic rings. The SMILES string of the molecule is COc1ccc(OC)c(C=C2C=C(c3ccc(C)cc3C)OC2=O)c1. The summed E-state index contributed by atoms with van der Waals surface area (Å²) >= 11 is 0. The van der Waals surface area contributed by atoms with E-state index < -0.39 is 0 Å². The maximum atomic E-state index is 12.3. The molecule has 1 aliphatic heterocycles. The smallest absolute Gasteiger partial charge is 0.343 e. The average molecular weight is 336 g/mol. The highest BCUT2D eigenvalue weighted by Crippen LogP contribution is 2.32. The normalized spacial score (nSPS) is 15.1. The summed E-state index contributed by atoms with van der Waals surface area (Å²) in [6.45, 7) is 4.04. The third kappa shape index (κ3) is 3.43. The Balaban J connectivity index is 2.01. The maximum Gasteiger partial charge on any atom is 0.343 e. The van der Waals surface area contributed by atoms with Gasteiger partial charge in [0.1, 0.15) is 17.3 Å². The summed E-state index contributed by atoms with van der Waals surface area (Å²) in [5.74, 6) is 1.54. The van der Waals surface area contributed by atoms with Gasteiger partial charge in [0.15, 0.2) is 0 Å². The van der Waals surface area contributed by atoms with Crippen LogP contribution in [0.5, 0.6) is 11.5 Å². The molecule has 1 heterocycles. The highest BCUT2D eigenvalue weighted by Gasteiger charge is 2.23. The molecule has 0 aromatic heterocycles. The Morgan fingerprint density at radius 1 is 1.00 bits per heavy atom. The summed E-state index contributed by atoms with van der Waals surface area (Å²) < 4.78 is 16.1. The van der Waals surface area contributed by atoms with Crippen LogP contribution in [0.25, 0.3) is 11.8 Å². The zero-order chi connectivity index (χ0) is 18.0. The van der Waals surface area contributed by atoms with Crippen LogP contribution in [0.4, 0.5) is 0 Å². The Labute approximate surface area is 147 Å². The van der Waals surface area contributed by atoms with Crippen molar-refractivity contribution in [1.29, 1.82) is 0 Å². The molecule has 0 saturated heterocycles. The van der Waals surface area contributed by atoms with Crippen molar-refractivity contribution in [3.63, 3.8) is 0 Å². The summed E-state index contributed by atoms with van der Waals surface area (Å²) in [6.07, 6.45) is 3.51. The van der Waals surface area contributed by atoms with Gasteiger partial charge in [-0.15, -0.1) is 0 Å². The van der Waals surface area contributed by atoms with Gasteiger partial charge in [-0.25, -0.2) is 4.79 Å². The fourth-order valence-corrected chi connectivity index (χ4v) is 2.83. The summed E-state index contributed by atoms with van der Waals surface area (Å²) in [6, 6.07) is 11.5. The van der Waals surface area contributed by atoms with Crippen molar-refractivity contribution in [2.75, 3.05) is 14.2 Å². The molecule has 25 heavy (non-hydrogen) atoms. The van der Waals surface area contributed by atoms with E-state index in [0.29, 0.717) is 22.8 Å². The van der Waals surface area contributed by atoms with Gasteiger partial charge in [0.05, 0.1) is 19.8 Å². The summed E-state index contributed by atoms with van der Waals surface area (Å²) in [5.41, 5.74) is 4.38. The lowest BCUT2D eigenvalue weighted by atomic mass is 10.0. The first-order valence-corrected chi connectivity index (χ1v) is 7.97. The second-order valence-electron chi connectivity index (χ2n) is 5.92. The zero-order valence-electron chi connectivity index (χ0n) is 14.8. The van der Waals surface area contributed by atoms with E-state index in [1.54, 1.807) is 32.4 Å². The minimum atomic E-state index is -0.375. The molecule has 0 radical (unpaired) electrons. The van der Waals surface area contributed by atoms with Crippen molar-refractivity contribution in [2.24, 2.45) is 0 Å². The van der Waals surface area contributed by atoms with Crippen molar-refractivity contribution >= 4 is 17.8 Å². The van der Waals surface area contributed by atoms with Crippen LogP contribution >= 0.6 is 0 Å². The van der Waals surface area contributed by atoms with Crippen LogP contribution in [0.15, 0.2) is 48.0 Å². The fraction of sp³-hybridized carbons (Fsp3) is 0.190. The molecule has 0 bridgehead atoms. The zero-order valence-corrected chi connectivity index (χ0v) is 14.8. The van der Waals surface area contributed by atoms with Crippen LogP contribution in [-0.2, 0) is 9.53 Å². The highest BCUT2D eigenvalue weighted by molar-refractivity contribution is 6.05. The van der Waals surface area contributed by atoms with Gasteiger partial charge >= 0.3 is 5.97 Å². The van der Waals surface area contributed by atoms with Crippen molar-refractivity contribution in [3.05, 3.63) is 70.3 Å². The van der Waals surface area contributed by atoms with E-state index in [0.717, 1.165) is 16.7 Å². The third-order valence-corrected chi connectivity index (χ3v) is 4.12. The number of methoxy groups -OCH3 is 2. The van der Waals surface area contributed by atoms with E-state index in [-0.39, 0.29) is 5.97 Å². The van der Waals surface area contributed by atoms with Crippen LogP contribution in [0.3, 0.4) is 0 Å². The van der Waals surface area contributed by atoms with Gasteiger partial charge in [-0.05, 0) is 49.8 Å². The molecule has 3 rings (SSSR count). The van der Waals surface area contributed by atoms with Gasteiger partial charge in [0.25, 0.3) is 0 Å². The van der Waals surface area contributed by atoms with Crippen LogP contribution in [0.2, 0.25) is 0 Å². The van der Waals surface area contributed by atoms with E-state index in [1.807, 2.05) is 38.1 Å². The number of carbonyl (C=O) groups is 1. The van der Waals surface area contributed by atoms with Gasteiger partial charge < -0.3 is 14.2 Å². The molecule has 4 heteroatoms. The van der Waals surface area contributed by atoms with E-state index in [1.165, 1.54) is 5.56 Å². The summed E-state index contributed by atoms with van der Waals surface area (Å²) in [5, 5.41) is 0. The van der Waals surface area contributed by atoms with Gasteiger partial charge in [-0.3, -0.25) is 0 Å². The third-order valence-electron chi connectivity index (χ3n) is 4.12. The molecule has 128 valence electrons. The number of cyclic esters (lactones) is 1. The minimum Gasteiger partial charge on any atom is -0.497 e. The lowest BCUT2D eigenvalue weighted by molar-refractivity contribution is -0.130. The highest BCUT2D eigenvalue weighted by atomic mass is 16.5. The number of rotatable bonds is 4. The number of hydrogen-bond acceptors (Lipinski definition) is 4. The Kier molecular flexibility index (Phi) is 4.61. The van der Waals surface area contributed by atoms with Crippen molar-refractivity contribution in [3.8, 4) is 11.5 Å². The summed E-state index contributed by atoms with van der Waals surface area (Å²) in [4.78, 5) is 12.3. The molecule has 2 aromatic carbocycles. The van der Waals surface area contributed by atoms with Crippen LogP contribution in [0.1, 0.15) is 22.3 Å². The first-order valence-electron chi connectivity index (χ1n) is 7.97. The molecule has 0 amide bonds. The molecule has 2 aromatic rings. The molecule has 4 nitrogen and oxygen atoms in total. The van der Waals surface area contributed by atoms with Gasteiger partial charge in [0, 0.05) is 11.1 Å². The van der Waals surface area contributed by atoms with Gasteiger partial charge in [-0.1, -0.05) is 23.8 Å². The Morgan fingerprint density at radius 3 is 2.48 bits per heavy atom. The van der Waals surface area contributed by atoms with Gasteiger partial charge in [0.2, 0.25) is 0 Å². The van der Waals surface area contributed by atoms with E-state index in [2.05, 4.69) is 6.07 Å². The topological polar surface area (TPSA) is 44.8 Å². The fourth-order valence-electron chi connectivity index (χ4n) is 2.83. The number of esters is 1. The van der Waals surface area contributed by atoms with E-state index in [9.17, 15) is 4.79 Å². The Morgan fingerprint density at radius 2 is 1.80 bits per heavy atom. The number of hydrogen-bond donors (Lipinski definition) is 0. The maximum absolute atomic E-state index is 12.3. The lowest BCUT2D eigenvalue weighted by Crippen LogP contribution is -1.98. The van der Waals surface area contributed by atoms with Crippen LogP contribution in [0, 0.1) is 13.8 Å². The predicted molar refractivity (Wildman–Crippen MR) is 97.5 cm³/mol. The molecule has 0 saturated carbocycles. The first kappa shape index (κ1) is 16.8. The Bertz CT molecular complexity index is 891. The molecule has 0 N–H and O–H groups in total. The number of aryl methyl sites for hydroxylation is 2. The standard InChI is InChI=1S/C21H20O4/c1-13-5-7-18(14(2)9-13)20-12-16(21(22)25-20)10-15-11-17(23-3)6-8-19(15)24-4/h5-12H,1-4H3. The largest absolute Gasteiger partial charge is 0.497 e. The lowest BCUT2D eigenvalue weighted by Gasteiger charge is -2.07. The van der Waals surface area contributed by atoms with E-state index >= 15 is 0 Å². The monoisotopic (exact) mass is 336 g/mol. The van der Waals surface area contributed by atoms with Crippen LogP contribution in [-0.4, -0.2) is 20.2 Å². The second kappa shape index (κ2) is 6.85. The molecule has 0 unspecified atom stereocenters. The van der Waals surface area contributed by atoms with Gasteiger partial charge in [-0.2, -0.15) is 0 Å². The van der Waals surface area contributed by atoms with Crippen molar-refractivity contribution in [1.82, 2.24) is 0 Å². The Hall–Kier alpha value is -3.01. The number of benzene rings is 2. The van der Waals surface area contributed by atoms with E-state index in [4.69, 9.17) is 14.2 Å². The quantitative estimate of drug-likeness (QED) is 0.617. The molecular weight excluding hydrogens is 316 g/mol. The molecular formula is C21H20O4. The first-order chi connectivity index (χ1) is 12.0. The summed E-state index contributed by atoms with van der Waals surface area (Å²) in [7, 11) is 3.19. The second-order valence-corrected chi connectivity index (χ2v) is 5.92. The average Bonchev–Trinajstić information content (AvgIpc) is 2.95. The molecule has 0 atom stereocenters. The molecule has 0 aliphatic carbocycles. The molecule has 0 fully saturated rings.